The van der Waals surface area contributed by atoms with E-state index in [1.54, 1.807) is 6.26 Å². The van der Waals surface area contributed by atoms with Crippen LogP contribution in [0, 0.1) is 13.8 Å². The van der Waals surface area contributed by atoms with Crippen molar-refractivity contribution < 1.29 is 13.6 Å². The van der Waals surface area contributed by atoms with Crippen LogP contribution in [0.5, 0.6) is 0 Å². The molecule has 1 N–H and O–H groups in total. The largest absolute Gasteiger partial charge is 0.463 e. The molecule has 166 valence electrons. The molecule has 0 radical (unpaired) electrons. The molecule has 4 rings (SSSR count). The number of benzene rings is 2. The van der Waals surface area contributed by atoms with Crippen LogP contribution >= 0.6 is 0 Å². The lowest BCUT2D eigenvalue weighted by Gasteiger charge is -2.17. The highest BCUT2D eigenvalue weighted by Crippen LogP contribution is 2.38. The van der Waals surface area contributed by atoms with Crippen LogP contribution < -0.4 is 10.9 Å². The van der Waals surface area contributed by atoms with Crippen LogP contribution in [0.4, 0.5) is 0 Å². The van der Waals surface area contributed by atoms with E-state index in [1.807, 2.05) is 50.2 Å². The molecule has 0 fully saturated rings. The fourth-order valence-electron chi connectivity index (χ4n) is 4.26. The highest BCUT2D eigenvalue weighted by Gasteiger charge is 2.25. The number of carbonyl (C=O) groups excluding carboxylic acids is 1. The van der Waals surface area contributed by atoms with Gasteiger partial charge in [-0.2, -0.15) is 0 Å². The minimum Gasteiger partial charge on any atom is -0.463 e. The molecule has 1 amide bonds. The maximum Gasteiger partial charge on any atom is 0.340 e. The topological polar surface area (TPSA) is 72.5 Å². The molecule has 4 aromatic rings. The third-order valence-electron chi connectivity index (χ3n) is 6.01. The molecule has 0 saturated carbocycles. The Morgan fingerprint density at radius 2 is 1.78 bits per heavy atom. The van der Waals surface area contributed by atoms with Gasteiger partial charge in [0.25, 0.3) is 0 Å². The minimum absolute atomic E-state index is 0.0267. The summed E-state index contributed by atoms with van der Waals surface area (Å²) >= 11 is 0. The lowest BCUT2D eigenvalue weighted by Crippen LogP contribution is -2.29. The van der Waals surface area contributed by atoms with Gasteiger partial charge in [0, 0.05) is 17.5 Å². The molecule has 0 aliphatic rings. The second kappa shape index (κ2) is 8.30. The summed E-state index contributed by atoms with van der Waals surface area (Å²) in [4.78, 5) is 25.3. The van der Waals surface area contributed by atoms with Crippen molar-refractivity contribution in [2.24, 2.45) is 0 Å². The predicted molar refractivity (Wildman–Crippen MR) is 127 cm³/mol. The van der Waals surface area contributed by atoms with Crippen LogP contribution in [0.1, 0.15) is 48.6 Å². The fourth-order valence-corrected chi connectivity index (χ4v) is 4.26. The van der Waals surface area contributed by atoms with E-state index in [4.69, 9.17) is 8.83 Å². The van der Waals surface area contributed by atoms with Crippen molar-refractivity contribution in [2.45, 2.75) is 52.9 Å². The van der Waals surface area contributed by atoms with Gasteiger partial charge in [-0.3, -0.25) is 4.79 Å². The summed E-state index contributed by atoms with van der Waals surface area (Å²) in [5.74, 6) is -0.200. The number of nitrogens with one attached hydrogen (secondary N) is 1. The van der Waals surface area contributed by atoms with Gasteiger partial charge < -0.3 is 14.2 Å². The molecule has 32 heavy (non-hydrogen) atoms. The van der Waals surface area contributed by atoms with Crippen LogP contribution in [0.15, 0.2) is 56.3 Å². The van der Waals surface area contributed by atoms with E-state index in [0.29, 0.717) is 23.3 Å². The number of rotatable bonds is 5. The van der Waals surface area contributed by atoms with Crippen molar-refractivity contribution in [3.8, 4) is 0 Å². The van der Waals surface area contributed by atoms with Gasteiger partial charge in [-0.25, -0.2) is 4.79 Å². The summed E-state index contributed by atoms with van der Waals surface area (Å²) in [6.45, 7) is 10.8. The van der Waals surface area contributed by atoms with Crippen molar-refractivity contribution in [3.05, 3.63) is 80.9 Å². The zero-order valence-electron chi connectivity index (χ0n) is 19.3. The molecule has 0 aliphatic carbocycles. The summed E-state index contributed by atoms with van der Waals surface area (Å²) in [6.07, 6.45) is 2.50. The van der Waals surface area contributed by atoms with E-state index < -0.39 is 5.63 Å². The van der Waals surface area contributed by atoms with Gasteiger partial charge in [0.05, 0.1) is 23.6 Å². The lowest BCUT2D eigenvalue weighted by atomic mass is 9.85. The molecular weight excluding hydrogens is 402 g/mol. The molecular formula is C27H29NO4. The van der Waals surface area contributed by atoms with Gasteiger partial charge in [0.15, 0.2) is 0 Å². The molecule has 0 saturated heterocycles. The molecule has 0 unspecified atom stereocenters. The predicted octanol–water partition coefficient (Wildman–Crippen LogP) is 5.35. The van der Waals surface area contributed by atoms with E-state index >= 15 is 0 Å². The van der Waals surface area contributed by atoms with Crippen LogP contribution in [0.2, 0.25) is 0 Å². The molecule has 0 bridgehead atoms. The summed E-state index contributed by atoms with van der Waals surface area (Å²) in [7, 11) is 0. The van der Waals surface area contributed by atoms with E-state index in [2.05, 4.69) is 26.1 Å². The summed E-state index contributed by atoms with van der Waals surface area (Å²) < 4.78 is 11.6. The second-order valence-electron chi connectivity index (χ2n) is 9.43. The molecule has 2 aromatic carbocycles. The average molecular weight is 432 g/mol. The van der Waals surface area contributed by atoms with Crippen LogP contribution in [0.25, 0.3) is 21.9 Å². The third-order valence-corrected chi connectivity index (χ3v) is 6.01. The molecule has 2 aromatic heterocycles. The first-order valence-corrected chi connectivity index (χ1v) is 10.9. The van der Waals surface area contributed by atoms with Crippen molar-refractivity contribution in [3.63, 3.8) is 0 Å². The Bertz CT molecular complexity index is 1350. The SMILES string of the molecule is Cc1cc2oc(=O)c(CC(=O)NCCc3ccccc3)c(C)c2c2occ(C(C)(C)C)c12. The summed E-state index contributed by atoms with van der Waals surface area (Å²) in [5.41, 5.74) is 4.99. The molecule has 0 aliphatic heterocycles. The van der Waals surface area contributed by atoms with Crippen molar-refractivity contribution in [2.75, 3.05) is 6.54 Å². The molecule has 2 heterocycles. The zero-order chi connectivity index (χ0) is 23.0. The Kier molecular flexibility index (Phi) is 5.68. The van der Waals surface area contributed by atoms with Crippen molar-refractivity contribution >= 4 is 27.8 Å². The average Bonchev–Trinajstić information content (AvgIpc) is 3.18. The smallest absolute Gasteiger partial charge is 0.340 e. The van der Waals surface area contributed by atoms with Crippen molar-refractivity contribution in [1.82, 2.24) is 5.32 Å². The zero-order valence-corrected chi connectivity index (χ0v) is 19.3. The van der Waals surface area contributed by atoms with E-state index in [-0.39, 0.29) is 17.7 Å². The summed E-state index contributed by atoms with van der Waals surface area (Å²) in [5, 5.41) is 4.71. The van der Waals surface area contributed by atoms with Gasteiger partial charge in [0.2, 0.25) is 5.91 Å². The van der Waals surface area contributed by atoms with E-state index in [0.717, 1.165) is 39.4 Å². The standard InChI is InChI=1S/C27H29NO4/c1-16-13-21-24(25-23(16)20(15-31-25)27(3,4)5)17(2)19(26(30)32-21)14-22(29)28-12-11-18-9-7-6-8-10-18/h6-10,13,15H,11-12,14H2,1-5H3,(H,28,29). The number of amides is 1. The molecule has 5 heteroatoms. The number of furan rings is 1. The molecule has 0 atom stereocenters. The summed E-state index contributed by atoms with van der Waals surface area (Å²) in [6, 6.07) is 11.9. The highest BCUT2D eigenvalue weighted by atomic mass is 16.4. The number of fused-ring (bicyclic) bond motifs is 3. The Balaban J connectivity index is 1.67. The van der Waals surface area contributed by atoms with Crippen LogP contribution in [0.3, 0.4) is 0 Å². The first-order valence-electron chi connectivity index (χ1n) is 10.9. The third kappa shape index (κ3) is 4.07. The number of hydrogen-bond acceptors (Lipinski definition) is 4. The van der Waals surface area contributed by atoms with Gasteiger partial charge >= 0.3 is 5.63 Å². The Labute approximate surface area is 187 Å². The van der Waals surface area contributed by atoms with E-state index in [1.165, 1.54) is 0 Å². The van der Waals surface area contributed by atoms with E-state index in [9.17, 15) is 9.59 Å². The Morgan fingerprint density at radius 1 is 1.06 bits per heavy atom. The Hall–Kier alpha value is -3.34. The second-order valence-corrected chi connectivity index (χ2v) is 9.43. The van der Waals surface area contributed by atoms with Gasteiger partial charge in [-0.1, -0.05) is 51.1 Å². The molecule has 5 nitrogen and oxygen atoms in total. The van der Waals surface area contributed by atoms with Gasteiger partial charge in [-0.05, 0) is 48.4 Å². The lowest BCUT2D eigenvalue weighted by molar-refractivity contribution is -0.120. The first-order chi connectivity index (χ1) is 15.2. The van der Waals surface area contributed by atoms with Gasteiger partial charge in [0.1, 0.15) is 11.2 Å². The normalized spacial score (nSPS) is 11.9. The number of hydrogen-bond donors (Lipinski definition) is 1. The maximum atomic E-state index is 12.7. The first kappa shape index (κ1) is 21.9. The quantitative estimate of drug-likeness (QED) is 0.432. The number of aryl methyl sites for hydroxylation is 2. The minimum atomic E-state index is -0.477. The van der Waals surface area contributed by atoms with Crippen LogP contribution in [-0.2, 0) is 23.1 Å². The van der Waals surface area contributed by atoms with Crippen molar-refractivity contribution in [1.29, 1.82) is 0 Å². The number of carbonyl (C=O) groups is 1. The van der Waals surface area contributed by atoms with Crippen LogP contribution in [-0.4, -0.2) is 12.5 Å². The Morgan fingerprint density at radius 3 is 2.47 bits per heavy atom. The maximum absolute atomic E-state index is 12.7. The monoisotopic (exact) mass is 431 g/mol. The highest BCUT2D eigenvalue weighted by molar-refractivity contribution is 6.07. The van der Waals surface area contributed by atoms with Gasteiger partial charge in [-0.15, -0.1) is 0 Å². The molecule has 0 spiro atoms. The fraction of sp³-hybridized carbons (Fsp3) is 0.333.